The summed E-state index contributed by atoms with van der Waals surface area (Å²) < 4.78 is 38.9. The average Bonchev–Trinajstić information content (AvgIpc) is 2.46. The fourth-order valence-corrected chi connectivity index (χ4v) is 2.24. The monoisotopic (exact) mass is 292 g/mol. The number of ketones is 1. The lowest BCUT2D eigenvalue weighted by Gasteiger charge is -2.12. The van der Waals surface area contributed by atoms with Crippen LogP contribution in [0, 0.1) is 0 Å². The number of alkyl halides is 3. The third-order valence-corrected chi connectivity index (χ3v) is 3.20. The number of hydrogen-bond donors (Lipinski definition) is 0. The molecule has 0 aromatic heterocycles. The molecule has 0 spiro atoms. The number of aryl methyl sites for hydroxylation is 1. The van der Waals surface area contributed by atoms with E-state index in [4.69, 9.17) is 0 Å². The van der Waals surface area contributed by atoms with E-state index < -0.39 is 17.5 Å². The molecule has 0 atom stereocenters. The highest BCUT2D eigenvalue weighted by molar-refractivity contribution is 6.10. The van der Waals surface area contributed by atoms with Crippen LogP contribution < -0.4 is 0 Å². The largest absolute Gasteiger partial charge is 0.417 e. The number of hydrogen-bond acceptors (Lipinski definition) is 1. The van der Waals surface area contributed by atoms with E-state index in [0.29, 0.717) is 0 Å². The topological polar surface area (TPSA) is 17.1 Å². The molecule has 4 heteroatoms. The van der Waals surface area contributed by atoms with Crippen LogP contribution in [0.4, 0.5) is 13.2 Å². The lowest BCUT2D eigenvalue weighted by molar-refractivity contribution is -0.137. The highest BCUT2D eigenvalue weighted by Gasteiger charge is 2.34. The summed E-state index contributed by atoms with van der Waals surface area (Å²) in [4.78, 5) is 12.4. The lowest BCUT2D eigenvalue weighted by Crippen LogP contribution is -2.13. The van der Waals surface area contributed by atoms with Crippen molar-refractivity contribution in [1.29, 1.82) is 0 Å². The van der Waals surface area contributed by atoms with Crippen molar-refractivity contribution in [3.05, 3.63) is 70.8 Å². The van der Waals surface area contributed by atoms with E-state index in [1.807, 2.05) is 13.0 Å². The smallest absolute Gasteiger partial charge is 0.289 e. The summed E-state index contributed by atoms with van der Waals surface area (Å²) in [5.41, 5.74) is 0.0417. The van der Waals surface area contributed by atoms with Crippen molar-refractivity contribution in [2.75, 3.05) is 0 Å². The number of carbonyl (C=O) groups is 1. The van der Waals surface area contributed by atoms with Gasteiger partial charge in [0.05, 0.1) is 5.56 Å². The van der Waals surface area contributed by atoms with E-state index >= 15 is 0 Å². The molecule has 21 heavy (non-hydrogen) atoms. The third-order valence-electron chi connectivity index (χ3n) is 3.20. The van der Waals surface area contributed by atoms with Gasteiger partial charge >= 0.3 is 6.18 Å². The molecule has 110 valence electrons. The van der Waals surface area contributed by atoms with Gasteiger partial charge in [-0.15, -0.1) is 0 Å². The fourth-order valence-electron chi connectivity index (χ4n) is 2.24. The standard InChI is InChI=1S/C17H15F3O/c1-2-6-12-7-5-8-13(11-12)16(21)14-9-3-4-10-15(14)17(18,19)20/h3-5,7-11H,2,6H2,1H3. The van der Waals surface area contributed by atoms with Crippen LogP contribution in [0.3, 0.4) is 0 Å². The van der Waals surface area contributed by atoms with Crippen molar-refractivity contribution in [3.8, 4) is 0 Å². The molecule has 2 aromatic rings. The van der Waals surface area contributed by atoms with Crippen molar-refractivity contribution in [2.45, 2.75) is 25.9 Å². The molecule has 0 aliphatic carbocycles. The van der Waals surface area contributed by atoms with Gasteiger partial charge in [-0.2, -0.15) is 13.2 Å². The molecule has 0 bridgehead atoms. The van der Waals surface area contributed by atoms with Crippen LogP contribution >= 0.6 is 0 Å². The van der Waals surface area contributed by atoms with Gasteiger partial charge in [0.15, 0.2) is 5.78 Å². The zero-order chi connectivity index (χ0) is 15.5. The van der Waals surface area contributed by atoms with Crippen molar-refractivity contribution in [1.82, 2.24) is 0 Å². The zero-order valence-corrected chi connectivity index (χ0v) is 11.6. The van der Waals surface area contributed by atoms with Gasteiger partial charge in [0, 0.05) is 11.1 Å². The van der Waals surface area contributed by atoms with E-state index in [1.165, 1.54) is 18.2 Å². The Balaban J connectivity index is 2.43. The lowest BCUT2D eigenvalue weighted by atomic mass is 9.96. The number of halogens is 3. The Kier molecular flexibility index (Phi) is 4.46. The maximum Gasteiger partial charge on any atom is 0.417 e. The van der Waals surface area contributed by atoms with Gasteiger partial charge in [-0.05, 0) is 24.1 Å². The quantitative estimate of drug-likeness (QED) is 0.733. The molecule has 0 unspecified atom stereocenters. The minimum absolute atomic E-state index is 0.289. The fraction of sp³-hybridized carbons (Fsp3) is 0.235. The molecular weight excluding hydrogens is 277 g/mol. The molecule has 0 fully saturated rings. The van der Waals surface area contributed by atoms with Crippen molar-refractivity contribution in [2.24, 2.45) is 0 Å². The first-order valence-electron chi connectivity index (χ1n) is 6.73. The SMILES string of the molecule is CCCc1cccc(C(=O)c2ccccc2C(F)(F)F)c1. The molecule has 0 amide bonds. The summed E-state index contributed by atoms with van der Waals surface area (Å²) in [7, 11) is 0. The van der Waals surface area contributed by atoms with E-state index in [2.05, 4.69) is 0 Å². The summed E-state index contributed by atoms with van der Waals surface area (Å²) in [6, 6.07) is 11.7. The van der Waals surface area contributed by atoms with E-state index in [1.54, 1.807) is 18.2 Å². The van der Waals surface area contributed by atoms with Crippen LogP contribution in [-0.4, -0.2) is 5.78 Å². The van der Waals surface area contributed by atoms with E-state index in [0.717, 1.165) is 24.5 Å². The maximum absolute atomic E-state index is 13.0. The predicted octanol–water partition coefficient (Wildman–Crippen LogP) is 4.89. The Morgan fingerprint density at radius 2 is 1.76 bits per heavy atom. The Hall–Kier alpha value is -2.10. The van der Waals surface area contributed by atoms with Crippen LogP contribution in [0.25, 0.3) is 0 Å². The van der Waals surface area contributed by atoms with E-state index in [9.17, 15) is 18.0 Å². The molecular formula is C17H15F3O. The Morgan fingerprint density at radius 3 is 2.43 bits per heavy atom. The summed E-state index contributed by atoms with van der Waals surface area (Å²) in [5, 5.41) is 0. The first-order chi connectivity index (χ1) is 9.93. The van der Waals surface area contributed by atoms with Gasteiger partial charge in [-0.3, -0.25) is 4.79 Å². The minimum atomic E-state index is -4.53. The Bertz CT molecular complexity index is 644. The zero-order valence-electron chi connectivity index (χ0n) is 11.6. The predicted molar refractivity (Wildman–Crippen MR) is 75.3 cm³/mol. The molecule has 0 saturated carbocycles. The molecule has 1 nitrogen and oxygen atoms in total. The maximum atomic E-state index is 13.0. The summed E-state index contributed by atoms with van der Waals surface area (Å²) in [5.74, 6) is -0.596. The van der Waals surface area contributed by atoms with Crippen molar-refractivity contribution < 1.29 is 18.0 Å². The van der Waals surface area contributed by atoms with Crippen LogP contribution in [0.1, 0.15) is 40.4 Å². The van der Waals surface area contributed by atoms with E-state index in [-0.39, 0.29) is 11.1 Å². The summed E-state index contributed by atoms with van der Waals surface area (Å²) in [6.07, 6.45) is -2.83. The third kappa shape index (κ3) is 3.51. The molecule has 0 aliphatic rings. The molecule has 0 N–H and O–H groups in total. The van der Waals surface area contributed by atoms with Crippen LogP contribution in [0.15, 0.2) is 48.5 Å². The molecule has 0 radical (unpaired) electrons. The molecule has 0 saturated heterocycles. The number of benzene rings is 2. The Labute approximate surface area is 121 Å². The van der Waals surface area contributed by atoms with Crippen molar-refractivity contribution >= 4 is 5.78 Å². The Morgan fingerprint density at radius 1 is 1.05 bits per heavy atom. The van der Waals surface area contributed by atoms with Gasteiger partial charge in [-0.25, -0.2) is 0 Å². The average molecular weight is 292 g/mol. The summed E-state index contributed by atoms with van der Waals surface area (Å²) in [6.45, 7) is 2.01. The minimum Gasteiger partial charge on any atom is -0.289 e. The van der Waals surface area contributed by atoms with Crippen LogP contribution in [-0.2, 0) is 12.6 Å². The van der Waals surface area contributed by atoms with Gasteiger partial charge in [-0.1, -0.05) is 49.7 Å². The van der Waals surface area contributed by atoms with Gasteiger partial charge in [0.1, 0.15) is 0 Å². The number of carbonyl (C=O) groups excluding carboxylic acids is 1. The first kappa shape index (κ1) is 15.3. The van der Waals surface area contributed by atoms with Crippen LogP contribution in [0.5, 0.6) is 0 Å². The van der Waals surface area contributed by atoms with Gasteiger partial charge in [0.2, 0.25) is 0 Å². The highest BCUT2D eigenvalue weighted by Crippen LogP contribution is 2.32. The normalized spacial score (nSPS) is 11.4. The second kappa shape index (κ2) is 6.12. The molecule has 0 heterocycles. The molecule has 2 rings (SSSR count). The summed E-state index contributed by atoms with van der Waals surface area (Å²) >= 11 is 0. The second-order valence-electron chi connectivity index (χ2n) is 4.82. The van der Waals surface area contributed by atoms with Gasteiger partial charge < -0.3 is 0 Å². The van der Waals surface area contributed by atoms with Gasteiger partial charge in [0.25, 0.3) is 0 Å². The molecule has 0 aliphatic heterocycles. The highest BCUT2D eigenvalue weighted by atomic mass is 19.4. The number of rotatable bonds is 4. The van der Waals surface area contributed by atoms with Crippen molar-refractivity contribution in [3.63, 3.8) is 0 Å². The first-order valence-corrected chi connectivity index (χ1v) is 6.73. The molecule has 2 aromatic carbocycles. The second-order valence-corrected chi connectivity index (χ2v) is 4.82. The van der Waals surface area contributed by atoms with Crippen LogP contribution in [0.2, 0.25) is 0 Å².